The number of halogens is 1. The molecule has 0 saturated carbocycles. The molecule has 1 aromatic carbocycles. The third-order valence-corrected chi connectivity index (χ3v) is 1.42. The fourth-order valence-corrected chi connectivity index (χ4v) is 0.862. The van der Waals surface area contributed by atoms with Crippen LogP contribution >= 0.6 is 28.1 Å². The molecular weight excluding hydrogens is 319 g/mol. The van der Waals surface area contributed by atoms with Crippen LogP contribution in [0.15, 0.2) is 24.3 Å². The number of rotatable bonds is 1. The first kappa shape index (κ1) is 20.6. The van der Waals surface area contributed by atoms with Crippen LogP contribution < -0.4 is 5.32 Å². The summed E-state index contributed by atoms with van der Waals surface area (Å²) < 4.78 is 17.5. The Kier molecular flexibility index (Phi) is 13.4. The lowest BCUT2D eigenvalue weighted by atomic mass is 10.3. The highest BCUT2D eigenvalue weighted by molar-refractivity contribution is 7.31. The van der Waals surface area contributed by atoms with Crippen molar-refractivity contribution in [2.45, 2.75) is 6.92 Å². The number of hydrogen-bond donors (Lipinski definition) is 5. The zero-order valence-electron chi connectivity index (χ0n) is 9.70. The molecule has 1 amide bonds. The van der Waals surface area contributed by atoms with E-state index in [0.29, 0.717) is 5.02 Å². The lowest BCUT2D eigenvalue weighted by Crippen LogP contribution is -2.04. The molecule has 0 unspecified atom stereocenters. The van der Waals surface area contributed by atoms with Crippen LogP contribution in [0.5, 0.6) is 0 Å². The van der Waals surface area contributed by atoms with Crippen LogP contribution in [0.1, 0.15) is 6.92 Å². The minimum Gasteiger partial charge on any atom is -0.326 e. The summed E-state index contributed by atoms with van der Waals surface area (Å²) in [6.45, 7) is 1.47. The van der Waals surface area contributed by atoms with E-state index < -0.39 is 16.5 Å². The molecule has 0 radical (unpaired) electrons. The van der Waals surface area contributed by atoms with Gasteiger partial charge in [0.2, 0.25) is 5.91 Å². The van der Waals surface area contributed by atoms with Crippen molar-refractivity contribution in [2.75, 3.05) is 5.32 Å². The number of benzene rings is 1. The van der Waals surface area contributed by atoms with E-state index in [4.69, 9.17) is 40.3 Å². The molecule has 0 aliphatic heterocycles. The maximum Gasteiger partial charge on any atom is 0.314 e. The van der Waals surface area contributed by atoms with Gasteiger partial charge >= 0.3 is 16.5 Å². The summed E-state index contributed by atoms with van der Waals surface area (Å²) in [5, 5.41) is 3.30. The first-order valence-corrected chi connectivity index (χ1v) is 7.50. The molecule has 0 bridgehead atoms. The van der Waals surface area contributed by atoms with E-state index in [-0.39, 0.29) is 5.91 Å². The summed E-state index contributed by atoms with van der Waals surface area (Å²) in [5.41, 5.74) is 0.766. The van der Waals surface area contributed by atoms with E-state index in [1.54, 1.807) is 24.3 Å². The standard InChI is InChI=1S/C8H8ClNO.2H3O3P/c1-6(11)10-8-4-2-7(9)3-5-8;2*1-4(2)3/h2-5H,1H3,(H,10,11);2*4H,(H2,1,2,3). The monoisotopic (exact) mass is 333 g/mol. The van der Waals surface area contributed by atoms with Gasteiger partial charge < -0.3 is 24.9 Å². The summed E-state index contributed by atoms with van der Waals surface area (Å²) in [5.74, 6) is -0.0766. The number of carbonyl (C=O) groups is 1. The van der Waals surface area contributed by atoms with Crippen LogP contribution in [0.3, 0.4) is 0 Å². The molecule has 5 N–H and O–H groups in total. The number of nitrogens with one attached hydrogen (secondary N) is 1. The van der Waals surface area contributed by atoms with Gasteiger partial charge in [0.05, 0.1) is 0 Å². The lowest BCUT2D eigenvalue weighted by molar-refractivity contribution is -0.114. The fraction of sp³-hybridized carbons (Fsp3) is 0.125. The quantitative estimate of drug-likeness (QED) is 0.482. The molecule has 110 valence electrons. The third-order valence-electron chi connectivity index (χ3n) is 1.16. The van der Waals surface area contributed by atoms with Gasteiger partial charge in [0.1, 0.15) is 0 Å². The van der Waals surface area contributed by atoms with Crippen molar-refractivity contribution < 1.29 is 33.5 Å². The van der Waals surface area contributed by atoms with Crippen molar-refractivity contribution in [3.8, 4) is 0 Å². The summed E-state index contributed by atoms with van der Waals surface area (Å²) in [7, 11) is -6.26. The average molecular weight is 334 g/mol. The Morgan fingerprint density at radius 2 is 1.37 bits per heavy atom. The molecule has 0 aromatic heterocycles. The van der Waals surface area contributed by atoms with Gasteiger partial charge in [-0.05, 0) is 24.3 Å². The predicted octanol–water partition coefficient (Wildman–Crippen LogP) is 1.02. The molecule has 0 fully saturated rings. The van der Waals surface area contributed by atoms with E-state index in [1.807, 2.05) is 0 Å². The second-order valence-corrected chi connectivity index (χ2v) is 4.32. The Bertz CT molecular complexity index is 406. The Labute approximate surface area is 115 Å². The van der Waals surface area contributed by atoms with E-state index in [0.717, 1.165) is 5.69 Å². The van der Waals surface area contributed by atoms with Gasteiger partial charge in [-0.1, -0.05) is 11.6 Å². The molecule has 11 heteroatoms. The smallest absolute Gasteiger partial charge is 0.314 e. The zero-order valence-corrected chi connectivity index (χ0v) is 12.5. The van der Waals surface area contributed by atoms with Gasteiger partial charge in [0, 0.05) is 17.6 Å². The topological polar surface area (TPSA) is 144 Å². The van der Waals surface area contributed by atoms with Gasteiger partial charge in [-0.3, -0.25) is 13.9 Å². The van der Waals surface area contributed by atoms with Crippen LogP contribution in [-0.2, 0) is 13.9 Å². The second kappa shape index (κ2) is 12.3. The highest BCUT2D eigenvalue weighted by atomic mass is 35.5. The molecule has 0 aliphatic rings. The molecule has 1 rings (SSSR count). The Balaban J connectivity index is 0. The summed E-state index contributed by atoms with van der Waals surface area (Å²) in [6.07, 6.45) is 0. The highest BCUT2D eigenvalue weighted by Crippen LogP contribution is 2.12. The predicted molar refractivity (Wildman–Crippen MR) is 72.6 cm³/mol. The molecule has 0 heterocycles. The van der Waals surface area contributed by atoms with Crippen molar-refractivity contribution >= 4 is 39.7 Å². The second-order valence-electron chi connectivity index (χ2n) is 2.75. The largest absolute Gasteiger partial charge is 0.326 e. The van der Waals surface area contributed by atoms with Gasteiger partial charge in [-0.25, -0.2) is 0 Å². The van der Waals surface area contributed by atoms with E-state index >= 15 is 0 Å². The minimum atomic E-state index is -3.13. The summed E-state index contributed by atoms with van der Waals surface area (Å²) in [4.78, 5) is 39.2. The summed E-state index contributed by atoms with van der Waals surface area (Å²) >= 11 is 5.64. The van der Waals surface area contributed by atoms with E-state index in [2.05, 4.69) is 5.32 Å². The molecule has 1 aromatic rings. The van der Waals surface area contributed by atoms with Gasteiger partial charge in [-0.15, -0.1) is 0 Å². The molecule has 19 heavy (non-hydrogen) atoms. The van der Waals surface area contributed by atoms with Crippen molar-refractivity contribution in [1.82, 2.24) is 0 Å². The van der Waals surface area contributed by atoms with E-state index in [9.17, 15) is 4.79 Å². The molecule has 0 spiro atoms. The number of hydrogen-bond acceptors (Lipinski definition) is 3. The van der Waals surface area contributed by atoms with Gasteiger partial charge in [0.15, 0.2) is 0 Å². The molecule has 0 atom stereocenters. The van der Waals surface area contributed by atoms with Crippen molar-refractivity contribution in [2.24, 2.45) is 0 Å². The average Bonchev–Trinajstić information content (AvgIpc) is 2.19. The van der Waals surface area contributed by atoms with Crippen LogP contribution in [0.4, 0.5) is 5.69 Å². The first-order valence-electron chi connectivity index (χ1n) is 4.52. The number of anilines is 1. The normalized spacial score (nSPS) is 9.05. The summed E-state index contributed by atoms with van der Waals surface area (Å²) in [6, 6.07) is 6.97. The van der Waals surface area contributed by atoms with Crippen molar-refractivity contribution in [3.63, 3.8) is 0 Å². The SMILES string of the molecule is CC(=O)Nc1ccc(Cl)cc1.O=[PH](O)O.O=[PH](O)O. The van der Waals surface area contributed by atoms with Gasteiger partial charge in [-0.2, -0.15) is 0 Å². The van der Waals surface area contributed by atoms with Crippen LogP contribution in [0.2, 0.25) is 5.02 Å². The lowest BCUT2D eigenvalue weighted by Gasteiger charge is -1.99. The van der Waals surface area contributed by atoms with E-state index in [1.165, 1.54) is 6.92 Å². The van der Waals surface area contributed by atoms with Crippen molar-refractivity contribution in [1.29, 1.82) is 0 Å². The van der Waals surface area contributed by atoms with Crippen molar-refractivity contribution in [3.05, 3.63) is 29.3 Å². The number of amides is 1. The Hall–Kier alpha value is -0.720. The van der Waals surface area contributed by atoms with Crippen LogP contribution in [0.25, 0.3) is 0 Å². The molecular formula is C8H14ClNO7P2. The number of carbonyl (C=O) groups excluding carboxylic acids is 1. The minimum absolute atomic E-state index is 0.0766. The Morgan fingerprint density at radius 3 is 1.63 bits per heavy atom. The molecule has 8 nitrogen and oxygen atoms in total. The third kappa shape index (κ3) is 22.9. The molecule has 0 saturated heterocycles. The fourth-order valence-electron chi connectivity index (χ4n) is 0.736. The zero-order chi connectivity index (χ0) is 15.4. The first-order chi connectivity index (χ1) is 8.65. The Morgan fingerprint density at radius 1 is 1.05 bits per heavy atom. The van der Waals surface area contributed by atoms with Crippen LogP contribution in [0, 0.1) is 0 Å². The highest BCUT2D eigenvalue weighted by Gasteiger charge is 1.93. The van der Waals surface area contributed by atoms with Crippen LogP contribution in [-0.4, -0.2) is 25.5 Å². The van der Waals surface area contributed by atoms with Gasteiger partial charge in [0.25, 0.3) is 0 Å². The maximum absolute atomic E-state index is 10.6. The maximum atomic E-state index is 10.6. The molecule has 0 aliphatic carbocycles.